The first-order valence-corrected chi connectivity index (χ1v) is 4.65. The van der Waals surface area contributed by atoms with Gasteiger partial charge in [-0.3, -0.25) is 4.79 Å². The van der Waals surface area contributed by atoms with Gasteiger partial charge in [0.05, 0.1) is 0 Å². The van der Waals surface area contributed by atoms with E-state index in [-0.39, 0.29) is 13.0 Å². The van der Waals surface area contributed by atoms with Gasteiger partial charge in [0.15, 0.2) is 0 Å². The first-order valence-electron chi connectivity index (χ1n) is 4.65. The highest BCUT2D eigenvalue weighted by atomic mass is 16.2. The lowest BCUT2D eigenvalue weighted by atomic mass is 9.71. The summed E-state index contributed by atoms with van der Waals surface area (Å²) < 4.78 is 0. The molecule has 0 radical (unpaired) electrons. The molecule has 2 heterocycles. The van der Waals surface area contributed by atoms with Crippen LogP contribution in [0.4, 0.5) is 0 Å². The first-order chi connectivity index (χ1) is 5.68. The van der Waals surface area contributed by atoms with Crippen LogP contribution < -0.4 is 0 Å². The van der Waals surface area contributed by atoms with E-state index in [2.05, 4.69) is 4.81 Å². The maximum Gasteiger partial charge on any atom is 0.376 e. The molecule has 12 heavy (non-hydrogen) atoms. The average molecular weight is 167 g/mol. The van der Waals surface area contributed by atoms with Crippen LogP contribution in [0.15, 0.2) is 0 Å². The van der Waals surface area contributed by atoms with Gasteiger partial charge in [-0.2, -0.15) is 0 Å². The van der Waals surface area contributed by atoms with Gasteiger partial charge in [0.2, 0.25) is 0 Å². The molecule has 1 N–H and O–H groups in total. The summed E-state index contributed by atoms with van der Waals surface area (Å²) in [6, 6.07) is 0.322. The molecule has 2 atom stereocenters. The fourth-order valence-electron chi connectivity index (χ4n) is 2.39. The van der Waals surface area contributed by atoms with Crippen molar-refractivity contribution < 1.29 is 9.82 Å². The summed E-state index contributed by atoms with van der Waals surface area (Å²) in [5.74, 6) is 0.618. The van der Waals surface area contributed by atoms with E-state index in [1.165, 1.54) is 0 Å². The molecule has 66 valence electrons. The summed E-state index contributed by atoms with van der Waals surface area (Å²) >= 11 is 0. The zero-order valence-electron chi connectivity index (χ0n) is 7.36. The zero-order chi connectivity index (χ0) is 8.72. The third-order valence-electron chi connectivity index (χ3n) is 3.12. The lowest BCUT2D eigenvalue weighted by Crippen LogP contribution is -2.57. The number of piperidine rings is 2. The molecule has 0 aromatic carbocycles. The van der Waals surface area contributed by atoms with Crippen molar-refractivity contribution in [1.29, 1.82) is 0 Å². The minimum Gasteiger partial charge on any atom is -0.437 e. The van der Waals surface area contributed by atoms with E-state index < -0.39 is 0 Å². The van der Waals surface area contributed by atoms with Crippen LogP contribution in [0.5, 0.6) is 0 Å². The number of carbonyl (C=O) groups excluding carboxylic acids is 1. The lowest BCUT2D eigenvalue weighted by Gasteiger charge is -2.44. The number of Topliss-reactive ketones (excluding diaryl/α,β-unsaturated/α-hetero) is 1. The second-order valence-corrected chi connectivity index (χ2v) is 3.93. The summed E-state index contributed by atoms with van der Waals surface area (Å²) in [6.45, 7) is 2.56. The van der Waals surface area contributed by atoms with Gasteiger partial charge in [0, 0.05) is 18.4 Å². The summed E-state index contributed by atoms with van der Waals surface area (Å²) in [6.07, 6.45) is 2.78. The molecule has 4 heteroatoms. The van der Waals surface area contributed by atoms with E-state index >= 15 is 0 Å². The molecule has 2 unspecified atom stereocenters. The Hall–Kier alpha value is -0.345. The Morgan fingerprint density at radius 1 is 1.58 bits per heavy atom. The third-order valence-corrected chi connectivity index (χ3v) is 3.12. The van der Waals surface area contributed by atoms with Crippen molar-refractivity contribution in [1.82, 2.24) is 4.81 Å². The molecule has 0 spiro atoms. The molecular weight excluding hydrogens is 153 g/mol. The number of hydrogen-bond acceptors (Lipinski definition) is 3. The summed E-state index contributed by atoms with van der Waals surface area (Å²) in [5, 5.41) is 9.40. The van der Waals surface area contributed by atoms with Crippen molar-refractivity contribution in [2.24, 2.45) is 5.92 Å². The Morgan fingerprint density at radius 3 is 2.75 bits per heavy atom. The van der Waals surface area contributed by atoms with Gasteiger partial charge in [-0.1, -0.05) is 0 Å². The Balaban J connectivity index is 2.10. The van der Waals surface area contributed by atoms with Gasteiger partial charge in [0.1, 0.15) is 5.78 Å². The largest absolute Gasteiger partial charge is 0.437 e. The molecule has 0 aromatic heterocycles. The monoisotopic (exact) mass is 167 g/mol. The number of ketones is 1. The van der Waals surface area contributed by atoms with Crippen molar-refractivity contribution >= 4 is 12.8 Å². The van der Waals surface area contributed by atoms with Crippen LogP contribution in [-0.4, -0.2) is 35.3 Å². The molecule has 3 rings (SSSR count). The van der Waals surface area contributed by atoms with Gasteiger partial charge < -0.3 is 9.83 Å². The van der Waals surface area contributed by atoms with Crippen molar-refractivity contribution in [2.75, 3.05) is 6.54 Å². The summed E-state index contributed by atoms with van der Waals surface area (Å²) in [5.41, 5.74) is 0. The molecule has 1 saturated carbocycles. The second kappa shape index (κ2) is 2.85. The summed E-state index contributed by atoms with van der Waals surface area (Å²) in [4.78, 5) is 13.4. The Labute approximate surface area is 72.9 Å². The highest BCUT2D eigenvalue weighted by Crippen LogP contribution is 2.32. The molecule has 2 aliphatic heterocycles. The fourth-order valence-corrected chi connectivity index (χ4v) is 2.39. The van der Waals surface area contributed by atoms with E-state index in [1.807, 2.05) is 0 Å². The number of fused-ring (bicyclic) bond motifs is 3. The fraction of sp³-hybridized carbons (Fsp3) is 0.875. The maximum absolute atomic E-state index is 11.3. The van der Waals surface area contributed by atoms with Gasteiger partial charge >= 0.3 is 7.05 Å². The third kappa shape index (κ3) is 1.19. The molecule has 3 aliphatic rings. The molecule has 2 bridgehead atoms. The Kier molecular flexibility index (Phi) is 1.97. The Bertz CT molecular complexity index is 207. The van der Waals surface area contributed by atoms with Crippen molar-refractivity contribution in [2.45, 2.75) is 32.1 Å². The van der Waals surface area contributed by atoms with E-state index in [4.69, 9.17) is 0 Å². The minimum absolute atomic E-state index is 0.213. The maximum atomic E-state index is 11.3. The highest BCUT2D eigenvalue weighted by molar-refractivity contribution is 6.45. The van der Waals surface area contributed by atoms with Crippen LogP contribution in [0.3, 0.4) is 0 Å². The first kappa shape index (κ1) is 8.26. The number of rotatable bonds is 1. The van der Waals surface area contributed by atoms with Crippen molar-refractivity contribution in [3.05, 3.63) is 0 Å². The lowest BCUT2D eigenvalue weighted by molar-refractivity contribution is -0.130. The molecule has 2 saturated heterocycles. The van der Waals surface area contributed by atoms with Gasteiger partial charge in [-0.15, -0.1) is 0 Å². The van der Waals surface area contributed by atoms with Crippen LogP contribution in [-0.2, 0) is 4.79 Å². The molecule has 3 fully saturated rings. The minimum atomic E-state index is -0.383. The quantitative estimate of drug-likeness (QED) is 0.565. The number of hydrogen-bond donors (Lipinski definition) is 1. The summed E-state index contributed by atoms with van der Waals surface area (Å²) in [7, 11) is -0.383. The van der Waals surface area contributed by atoms with Gasteiger partial charge in [0.25, 0.3) is 0 Å². The van der Waals surface area contributed by atoms with Crippen LogP contribution in [0, 0.1) is 5.92 Å². The zero-order valence-corrected chi connectivity index (χ0v) is 7.36. The average Bonchev–Trinajstić information content (AvgIpc) is 2.04. The standard InChI is InChI=1S/C8H14BNO2/c1-9(12)10-5-6-2-3-7(10)4-8(6)11/h6-7,12H,2-5H2,1H3. The predicted octanol–water partition coefficient (Wildman–Crippen LogP) is 0.150. The Morgan fingerprint density at radius 2 is 2.33 bits per heavy atom. The van der Waals surface area contributed by atoms with E-state index in [0.717, 1.165) is 19.4 Å². The predicted molar refractivity (Wildman–Crippen MR) is 46.7 cm³/mol. The van der Waals surface area contributed by atoms with Crippen LogP contribution >= 0.6 is 0 Å². The van der Waals surface area contributed by atoms with E-state index in [0.29, 0.717) is 18.2 Å². The SMILES string of the molecule is CB(O)N1CC2CCC1CC2=O. The number of carbonyl (C=O) groups is 1. The van der Waals surface area contributed by atoms with Crippen molar-refractivity contribution in [3.8, 4) is 0 Å². The van der Waals surface area contributed by atoms with Crippen molar-refractivity contribution in [3.63, 3.8) is 0 Å². The van der Waals surface area contributed by atoms with E-state index in [9.17, 15) is 9.82 Å². The molecule has 1 aliphatic carbocycles. The topological polar surface area (TPSA) is 40.5 Å². The normalized spacial score (nSPS) is 35.7. The second-order valence-electron chi connectivity index (χ2n) is 3.93. The van der Waals surface area contributed by atoms with Crippen LogP contribution in [0.1, 0.15) is 19.3 Å². The van der Waals surface area contributed by atoms with Crippen LogP contribution in [0.2, 0.25) is 6.82 Å². The number of nitrogens with zero attached hydrogens (tertiary/aromatic N) is 1. The smallest absolute Gasteiger partial charge is 0.376 e. The van der Waals surface area contributed by atoms with Gasteiger partial charge in [-0.05, 0) is 26.2 Å². The molecule has 0 aromatic rings. The molecule has 0 amide bonds. The molecule has 3 nitrogen and oxygen atoms in total. The van der Waals surface area contributed by atoms with E-state index in [1.54, 1.807) is 6.82 Å². The van der Waals surface area contributed by atoms with Crippen LogP contribution in [0.25, 0.3) is 0 Å². The highest BCUT2D eigenvalue weighted by Gasteiger charge is 2.41. The molecular formula is C8H14BNO2. The van der Waals surface area contributed by atoms with Gasteiger partial charge in [-0.25, -0.2) is 0 Å².